The Bertz CT molecular complexity index is 474. The van der Waals surface area contributed by atoms with E-state index >= 15 is 0 Å². The van der Waals surface area contributed by atoms with Gasteiger partial charge in [0, 0.05) is 12.1 Å². The zero-order valence-corrected chi connectivity index (χ0v) is 12.3. The van der Waals surface area contributed by atoms with Gasteiger partial charge in [0.1, 0.15) is 5.75 Å². The molecule has 1 amide bonds. The number of nitro groups is 1. The number of carbonyl (C=O) groups excluding carboxylic acids is 1. The molecule has 20 heavy (non-hydrogen) atoms. The molecule has 0 saturated carbocycles. The number of carbonyl (C=O) groups is 1. The number of benzene rings is 1. The fraction of sp³-hybridized carbons (Fsp3) is 0.417. The molecule has 0 fully saturated rings. The molecular weight excluding hydrogens is 286 g/mol. The molecular formula is C12H18ClN3O4. The maximum atomic E-state index is 11.8. The molecule has 8 heteroatoms. The highest BCUT2D eigenvalue weighted by Gasteiger charge is 2.30. The summed E-state index contributed by atoms with van der Waals surface area (Å²) < 4.78 is 5.51. The van der Waals surface area contributed by atoms with Crippen LogP contribution in [0, 0.1) is 10.1 Å². The molecule has 0 aromatic heterocycles. The van der Waals surface area contributed by atoms with Crippen molar-refractivity contribution in [3.63, 3.8) is 0 Å². The van der Waals surface area contributed by atoms with Gasteiger partial charge in [0.15, 0.2) is 5.60 Å². The molecule has 0 spiro atoms. The molecule has 0 aliphatic carbocycles. The lowest BCUT2D eigenvalue weighted by Crippen LogP contribution is -2.51. The van der Waals surface area contributed by atoms with Gasteiger partial charge in [0.2, 0.25) is 0 Å². The molecule has 1 atom stereocenters. The van der Waals surface area contributed by atoms with Gasteiger partial charge < -0.3 is 15.8 Å². The van der Waals surface area contributed by atoms with E-state index < -0.39 is 16.7 Å². The number of ether oxygens (including phenoxy) is 1. The Labute approximate surface area is 123 Å². The number of nitrogens with one attached hydrogen (secondary N) is 1. The van der Waals surface area contributed by atoms with Gasteiger partial charge in [-0.25, -0.2) is 0 Å². The third kappa shape index (κ3) is 5.02. The number of nitrogens with two attached hydrogens (primary N) is 1. The maximum Gasteiger partial charge on any atom is 0.269 e. The Morgan fingerprint density at radius 2 is 1.90 bits per heavy atom. The first-order chi connectivity index (χ1) is 8.72. The summed E-state index contributed by atoms with van der Waals surface area (Å²) in [6.45, 7) is 4.82. The number of nitro benzene ring substituents is 1. The van der Waals surface area contributed by atoms with E-state index in [1.54, 1.807) is 20.8 Å². The van der Waals surface area contributed by atoms with E-state index in [4.69, 9.17) is 10.5 Å². The largest absolute Gasteiger partial charge is 0.478 e. The molecule has 0 saturated heterocycles. The predicted molar refractivity (Wildman–Crippen MR) is 76.8 cm³/mol. The van der Waals surface area contributed by atoms with Crippen molar-refractivity contribution in [1.29, 1.82) is 0 Å². The summed E-state index contributed by atoms with van der Waals surface area (Å²) >= 11 is 0. The second kappa shape index (κ2) is 7.06. The van der Waals surface area contributed by atoms with Gasteiger partial charge in [-0.1, -0.05) is 0 Å². The highest BCUT2D eigenvalue weighted by molar-refractivity contribution is 5.85. The van der Waals surface area contributed by atoms with E-state index in [0.29, 0.717) is 5.75 Å². The van der Waals surface area contributed by atoms with Crippen LogP contribution in [-0.2, 0) is 4.79 Å². The molecule has 1 rings (SSSR count). The number of amides is 1. The summed E-state index contributed by atoms with van der Waals surface area (Å²) in [6.07, 6.45) is -0.479. The van der Waals surface area contributed by atoms with Crippen LogP contribution in [0.25, 0.3) is 0 Å². The molecule has 0 aliphatic heterocycles. The van der Waals surface area contributed by atoms with Gasteiger partial charge in [-0.05, 0) is 32.9 Å². The molecule has 1 aromatic carbocycles. The third-order valence-electron chi connectivity index (χ3n) is 2.33. The van der Waals surface area contributed by atoms with Crippen LogP contribution < -0.4 is 15.8 Å². The predicted octanol–water partition coefficient (Wildman–Crippen LogP) is 1.59. The first kappa shape index (κ1) is 18.1. The molecule has 112 valence electrons. The SMILES string of the molecule is CC(N)NC(=O)C(C)(C)Oc1ccc([N+](=O)[O-])cc1.Cl. The summed E-state index contributed by atoms with van der Waals surface area (Å²) in [6, 6.07) is 5.52. The van der Waals surface area contributed by atoms with Crippen LogP contribution in [0.1, 0.15) is 20.8 Å². The first-order valence-electron chi connectivity index (χ1n) is 5.72. The molecule has 3 N–H and O–H groups in total. The minimum atomic E-state index is -1.12. The van der Waals surface area contributed by atoms with E-state index in [0.717, 1.165) is 0 Å². The number of hydrogen-bond donors (Lipinski definition) is 2. The highest BCUT2D eigenvalue weighted by atomic mass is 35.5. The van der Waals surface area contributed by atoms with Crippen molar-refractivity contribution < 1.29 is 14.5 Å². The molecule has 7 nitrogen and oxygen atoms in total. The zero-order chi connectivity index (χ0) is 14.6. The van der Waals surface area contributed by atoms with Gasteiger partial charge in [0.25, 0.3) is 11.6 Å². The molecule has 1 unspecified atom stereocenters. The maximum absolute atomic E-state index is 11.8. The van der Waals surface area contributed by atoms with Gasteiger partial charge in [-0.3, -0.25) is 14.9 Å². The van der Waals surface area contributed by atoms with Crippen molar-refractivity contribution >= 4 is 24.0 Å². The second-order valence-corrected chi connectivity index (χ2v) is 4.63. The van der Waals surface area contributed by atoms with E-state index in [9.17, 15) is 14.9 Å². The van der Waals surface area contributed by atoms with Crippen LogP contribution >= 0.6 is 12.4 Å². The van der Waals surface area contributed by atoms with Gasteiger partial charge in [-0.15, -0.1) is 12.4 Å². The Hall–Kier alpha value is -1.86. The third-order valence-corrected chi connectivity index (χ3v) is 2.33. The molecule has 1 aromatic rings. The van der Waals surface area contributed by atoms with Crippen LogP contribution in [0.3, 0.4) is 0 Å². The summed E-state index contributed by atoms with van der Waals surface area (Å²) in [5, 5.41) is 13.1. The standard InChI is InChI=1S/C12H17N3O4.ClH/c1-8(13)14-11(16)12(2,3)19-10-6-4-9(5-7-10)15(17)18;/h4-8H,13H2,1-3H3,(H,14,16);1H. The first-order valence-corrected chi connectivity index (χ1v) is 5.72. The number of halogens is 1. The number of rotatable bonds is 5. The van der Waals surface area contributed by atoms with Crippen LogP contribution in [0.4, 0.5) is 5.69 Å². The van der Waals surface area contributed by atoms with E-state index in [1.165, 1.54) is 24.3 Å². The molecule has 0 heterocycles. The zero-order valence-electron chi connectivity index (χ0n) is 11.5. The fourth-order valence-corrected chi connectivity index (χ4v) is 1.36. The van der Waals surface area contributed by atoms with Crippen molar-refractivity contribution in [2.75, 3.05) is 0 Å². The number of hydrogen-bond acceptors (Lipinski definition) is 5. The summed E-state index contributed by atoms with van der Waals surface area (Å²) in [7, 11) is 0. The van der Waals surface area contributed by atoms with Crippen LogP contribution in [0.2, 0.25) is 0 Å². The van der Waals surface area contributed by atoms with Crippen LogP contribution in [0.5, 0.6) is 5.75 Å². The Balaban J connectivity index is 0.00000361. The average molecular weight is 304 g/mol. The smallest absolute Gasteiger partial charge is 0.269 e. The van der Waals surface area contributed by atoms with E-state index in [1.807, 2.05) is 0 Å². The Kier molecular flexibility index (Phi) is 6.41. The van der Waals surface area contributed by atoms with Crippen molar-refractivity contribution in [3.8, 4) is 5.75 Å². The van der Waals surface area contributed by atoms with Crippen LogP contribution in [0.15, 0.2) is 24.3 Å². The van der Waals surface area contributed by atoms with E-state index in [2.05, 4.69) is 5.32 Å². The summed E-state index contributed by atoms with van der Waals surface area (Å²) in [5.74, 6) is 0.0104. The monoisotopic (exact) mass is 303 g/mol. The quantitative estimate of drug-likeness (QED) is 0.488. The van der Waals surface area contributed by atoms with Gasteiger partial charge >= 0.3 is 0 Å². The van der Waals surface area contributed by atoms with Crippen LogP contribution in [-0.4, -0.2) is 22.6 Å². The Morgan fingerprint density at radius 3 is 2.30 bits per heavy atom. The van der Waals surface area contributed by atoms with Gasteiger partial charge in [0.05, 0.1) is 11.1 Å². The van der Waals surface area contributed by atoms with Gasteiger partial charge in [-0.2, -0.15) is 0 Å². The topological polar surface area (TPSA) is 107 Å². The summed E-state index contributed by atoms with van der Waals surface area (Å²) in [5.41, 5.74) is 4.32. The molecule has 0 radical (unpaired) electrons. The van der Waals surface area contributed by atoms with Crippen molar-refractivity contribution in [2.45, 2.75) is 32.5 Å². The van der Waals surface area contributed by atoms with E-state index in [-0.39, 0.29) is 24.0 Å². The average Bonchev–Trinajstić information content (AvgIpc) is 2.28. The molecule has 0 bridgehead atoms. The minimum absolute atomic E-state index is 0. The molecule has 0 aliphatic rings. The normalized spacial score (nSPS) is 12.0. The second-order valence-electron chi connectivity index (χ2n) is 4.63. The fourth-order valence-electron chi connectivity index (χ4n) is 1.36. The van der Waals surface area contributed by atoms with Crippen molar-refractivity contribution in [1.82, 2.24) is 5.32 Å². The Morgan fingerprint density at radius 1 is 1.40 bits per heavy atom. The summed E-state index contributed by atoms with van der Waals surface area (Å²) in [4.78, 5) is 21.8. The highest BCUT2D eigenvalue weighted by Crippen LogP contribution is 2.21. The lowest BCUT2D eigenvalue weighted by molar-refractivity contribution is -0.384. The number of non-ortho nitro benzene ring substituents is 1. The van der Waals surface area contributed by atoms with Crippen molar-refractivity contribution in [3.05, 3.63) is 34.4 Å². The minimum Gasteiger partial charge on any atom is -0.478 e. The number of nitrogens with zero attached hydrogens (tertiary/aromatic N) is 1. The van der Waals surface area contributed by atoms with Crippen molar-refractivity contribution in [2.24, 2.45) is 5.73 Å². The lowest BCUT2D eigenvalue weighted by Gasteiger charge is -2.26. The lowest BCUT2D eigenvalue weighted by atomic mass is 10.1.